The summed E-state index contributed by atoms with van der Waals surface area (Å²) in [6.07, 6.45) is 12.1. The fourth-order valence-electron chi connectivity index (χ4n) is 3.97. The van der Waals surface area contributed by atoms with E-state index in [1.165, 1.54) is 18.4 Å². The molecule has 3 N–H and O–H groups in total. The fourth-order valence-corrected chi connectivity index (χ4v) is 3.97. The second-order valence-electron chi connectivity index (χ2n) is 7.50. The molecule has 164 valence electrons. The third-order valence-electron chi connectivity index (χ3n) is 5.62. The summed E-state index contributed by atoms with van der Waals surface area (Å²) < 4.78 is 0. The molecular weight excluding hydrogens is 388 g/mol. The van der Waals surface area contributed by atoms with Crippen LogP contribution in [0.5, 0.6) is 0 Å². The maximum absolute atomic E-state index is 11.5. The third-order valence-corrected chi connectivity index (χ3v) is 5.62. The molecule has 0 bridgehead atoms. The number of aliphatic imine (C=N–C) groups is 1. The summed E-state index contributed by atoms with van der Waals surface area (Å²) >= 11 is 0. The first-order valence-corrected chi connectivity index (χ1v) is 11.0. The van der Waals surface area contributed by atoms with E-state index in [9.17, 15) is 9.90 Å². The lowest BCUT2D eigenvalue weighted by Gasteiger charge is -2.32. The second kappa shape index (κ2) is 10.2. The summed E-state index contributed by atoms with van der Waals surface area (Å²) in [5, 5.41) is 15.6. The van der Waals surface area contributed by atoms with Gasteiger partial charge in [0.25, 0.3) is 0 Å². The highest BCUT2D eigenvalue weighted by molar-refractivity contribution is 6.07. The van der Waals surface area contributed by atoms with Crippen LogP contribution < -0.4 is 10.6 Å². The van der Waals surface area contributed by atoms with Crippen molar-refractivity contribution in [2.45, 2.75) is 52.1 Å². The van der Waals surface area contributed by atoms with Gasteiger partial charge in [-0.05, 0) is 55.2 Å². The Balaban J connectivity index is 0.00000132. The number of carbonyl (C=O) groups is 1. The molecule has 0 spiro atoms. The molecule has 31 heavy (non-hydrogen) atoms. The molecule has 3 aliphatic rings. The lowest BCUT2D eigenvalue weighted by molar-refractivity contribution is -0.138. The monoisotopic (exact) mass is 420 g/mol. The summed E-state index contributed by atoms with van der Waals surface area (Å²) in [5.41, 5.74) is 5.79. The molecule has 0 radical (unpaired) electrons. The molecule has 4 rings (SSSR count). The number of rotatable bonds is 5. The van der Waals surface area contributed by atoms with Gasteiger partial charge in [-0.25, -0.2) is 9.79 Å². The molecule has 1 aromatic rings. The highest BCUT2D eigenvalue weighted by atomic mass is 16.4. The smallest absolute Gasteiger partial charge is 0.332 e. The number of carboxylic acid groups (broad SMARTS) is 1. The van der Waals surface area contributed by atoms with E-state index in [2.05, 4.69) is 28.2 Å². The quantitative estimate of drug-likeness (QED) is 0.643. The molecule has 1 aliphatic carbocycles. The molecule has 1 unspecified atom stereocenters. The molecule has 0 saturated carbocycles. The van der Waals surface area contributed by atoms with Crippen molar-refractivity contribution in [1.29, 1.82) is 0 Å². The van der Waals surface area contributed by atoms with E-state index in [1.807, 2.05) is 39.1 Å². The Morgan fingerprint density at radius 3 is 2.87 bits per heavy atom. The molecule has 6 nitrogen and oxygen atoms in total. The van der Waals surface area contributed by atoms with Gasteiger partial charge in [0.05, 0.1) is 5.69 Å². The van der Waals surface area contributed by atoms with Crippen molar-refractivity contribution in [3.05, 3.63) is 71.6 Å². The van der Waals surface area contributed by atoms with Gasteiger partial charge in [-0.2, -0.15) is 0 Å². The summed E-state index contributed by atoms with van der Waals surface area (Å²) in [4.78, 5) is 18.6. The molecule has 0 amide bonds. The Morgan fingerprint density at radius 2 is 2.16 bits per heavy atom. The minimum atomic E-state index is -0.914. The SMILES string of the molecule is C=C1c2cccc(CNC3=CC=CNC3C(=O)O)c2N=C(C2=CCCCC2)N1C.CC. The predicted molar refractivity (Wildman–Crippen MR) is 127 cm³/mol. The van der Waals surface area contributed by atoms with Gasteiger partial charge in [0.1, 0.15) is 5.84 Å². The van der Waals surface area contributed by atoms with Crippen molar-refractivity contribution in [2.75, 3.05) is 7.05 Å². The van der Waals surface area contributed by atoms with E-state index in [0.29, 0.717) is 12.2 Å². The van der Waals surface area contributed by atoms with Gasteiger partial charge in [0.2, 0.25) is 0 Å². The molecule has 1 aromatic carbocycles. The number of para-hydroxylation sites is 1. The van der Waals surface area contributed by atoms with Gasteiger partial charge >= 0.3 is 5.97 Å². The largest absolute Gasteiger partial charge is 0.479 e. The molecular formula is C25H32N4O2. The first kappa shape index (κ1) is 22.4. The summed E-state index contributed by atoms with van der Waals surface area (Å²) in [6.45, 7) is 8.78. The number of benzene rings is 1. The van der Waals surface area contributed by atoms with E-state index in [1.54, 1.807) is 18.4 Å². The van der Waals surface area contributed by atoms with Crippen LogP contribution in [0.25, 0.3) is 5.70 Å². The van der Waals surface area contributed by atoms with Gasteiger partial charge < -0.3 is 20.6 Å². The van der Waals surface area contributed by atoms with Crippen LogP contribution in [0.4, 0.5) is 5.69 Å². The number of aliphatic carboxylic acids is 1. The van der Waals surface area contributed by atoms with E-state index in [0.717, 1.165) is 41.2 Å². The molecule has 2 heterocycles. The van der Waals surface area contributed by atoms with E-state index in [4.69, 9.17) is 4.99 Å². The van der Waals surface area contributed by atoms with Crippen molar-refractivity contribution in [2.24, 2.45) is 4.99 Å². The fraction of sp³-hybridized carbons (Fsp3) is 0.360. The zero-order chi connectivity index (χ0) is 22.4. The number of carboxylic acids is 1. The van der Waals surface area contributed by atoms with Gasteiger partial charge in [0.15, 0.2) is 6.04 Å². The van der Waals surface area contributed by atoms with Crippen LogP contribution in [0.1, 0.15) is 50.7 Å². The van der Waals surface area contributed by atoms with Crippen LogP contribution in [-0.4, -0.2) is 34.9 Å². The Kier molecular flexibility index (Phi) is 7.34. The van der Waals surface area contributed by atoms with Crippen molar-refractivity contribution in [3.63, 3.8) is 0 Å². The van der Waals surface area contributed by atoms with Gasteiger partial charge in [-0.15, -0.1) is 0 Å². The molecule has 6 heteroatoms. The summed E-state index contributed by atoms with van der Waals surface area (Å²) in [7, 11) is 2.02. The number of amidine groups is 1. The van der Waals surface area contributed by atoms with E-state index < -0.39 is 12.0 Å². The Labute approximate surface area is 184 Å². The van der Waals surface area contributed by atoms with Crippen LogP contribution in [0, 0.1) is 0 Å². The van der Waals surface area contributed by atoms with Crippen molar-refractivity contribution in [1.82, 2.24) is 15.5 Å². The number of hydrogen-bond acceptors (Lipinski definition) is 5. The van der Waals surface area contributed by atoms with Crippen LogP contribution in [0.2, 0.25) is 0 Å². The van der Waals surface area contributed by atoms with Gasteiger partial charge in [-0.3, -0.25) is 0 Å². The Morgan fingerprint density at radius 1 is 1.35 bits per heavy atom. The third kappa shape index (κ3) is 4.74. The second-order valence-corrected chi connectivity index (χ2v) is 7.50. The summed E-state index contributed by atoms with van der Waals surface area (Å²) in [5.74, 6) is 0.0577. The van der Waals surface area contributed by atoms with Crippen molar-refractivity contribution >= 4 is 23.2 Å². The number of nitrogens with zero attached hydrogens (tertiary/aromatic N) is 2. The van der Waals surface area contributed by atoms with Crippen LogP contribution in [0.15, 0.2) is 65.5 Å². The van der Waals surface area contributed by atoms with Gasteiger partial charge in [0, 0.05) is 30.5 Å². The topological polar surface area (TPSA) is 77.0 Å². The molecule has 0 saturated heterocycles. The minimum Gasteiger partial charge on any atom is -0.479 e. The summed E-state index contributed by atoms with van der Waals surface area (Å²) in [6, 6.07) is 5.30. The number of nitrogens with one attached hydrogen (secondary N) is 2. The van der Waals surface area contributed by atoms with Crippen molar-refractivity contribution in [3.8, 4) is 0 Å². The lowest BCUT2D eigenvalue weighted by Crippen LogP contribution is -2.41. The highest BCUT2D eigenvalue weighted by Gasteiger charge is 2.26. The standard InChI is InChI=1S/C23H26N4O2.C2H6/c1-15-18-11-6-10-17(14-25-19-12-7-13-24-21(19)23(28)29)20(18)26-22(27(15)2)16-8-4-3-5-9-16;1-2/h6-8,10-13,21,24-25H,1,3-5,9,14H2,2H3,(H,28,29);1-2H3. The molecule has 0 aromatic heterocycles. The normalized spacial score (nSPS) is 19.7. The number of allylic oxidation sites excluding steroid dienone is 3. The zero-order valence-electron chi connectivity index (χ0n) is 18.6. The first-order chi connectivity index (χ1) is 15.1. The van der Waals surface area contributed by atoms with Crippen LogP contribution in [-0.2, 0) is 11.3 Å². The Bertz CT molecular complexity index is 972. The average molecular weight is 421 g/mol. The Hall–Kier alpha value is -3.28. The lowest BCUT2D eigenvalue weighted by atomic mass is 9.95. The highest BCUT2D eigenvalue weighted by Crippen LogP contribution is 2.37. The molecule has 0 fully saturated rings. The predicted octanol–water partition coefficient (Wildman–Crippen LogP) is 4.70. The first-order valence-electron chi connectivity index (χ1n) is 11.0. The average Bonchev–Trinajstić information content (AvgIpc) is 2.82. The minimum absolute atomic E-state index is 0.487. The maximum Gasteiger partial charge on any atom is 0.332 e. The van der Waals surface area contributed by atoms with E-state index in [-0.39, 0.29) is 0 Å². The number of fused-ring (bicyclic) bond motifs is 1. The maximum atomic E-state index is 11.5. The number of dihydropyridines is 1. The van der Waals surface area contributed by atoms with Crippen molar-refractivity contribution < 1.29 is 9.90 Å². The van der Waals surface area contributed by atoms with Gasteiger partial charge in [-0.1, -0.05) is 44.7 Å². The van der Waals surface area contributed by atoms with E-state index >= 15 is 0 Å². The molecule has 2 aliphatic heterocycles. The zero-order valence-corrected chi connectivity index (χ0v) is 18.6. The van der Waals surface area contributed by atoms with Crippen LogP contribution >= 0.6 is 0 Å². The number of likely N-dealkylation sites (N-methyl/N-ethyl adjacent to an activating group) is 1. The number of hydrogen-bond donors (Lipinski definition) is 3. The van der Waals surface area contributed by atoms with Crippen LogP contribution in [0.3, 0.4) is 0 Å². The molecule has 1 atom stereocenters.